The maximum Gasteiger partial charge on any atom is 0.199 e. The molecule has 0 atom stereocenters. The summed E-state index contributed by atoms with van der Waals surface area (Å²) < 4.78 is 24.1. The highest BCUT2D eigenvalue weighted by Gasteiger charge is 2.17. The lowest BCUT2D eigenvalue weighted by molar-refractivity contribution is 0.585. The van der Waals surface area contributed by atoms with E-state index < -0.39 is 9.84 Å². The fourth-order valence-corrected chi connectivity index (χ4v) is 2.52. The zero-order chi connectivity index (χ0) is 13.8. The second kappa shape index (κ2) is 5.48. The third-order valence-corrected chi connectivity index (χ3v) is 4.00. The molecular formula is C14H19NO2S. The third-order valence-electron chi connectivity index (χ3n) is 2.54. The quantitative estimate of drug-likeness (QED) is 0.786. The summed E-state index contributed by atoms with van der Waals surface area (Å²) in [7, 11) is -3.38. The first-order valence-corrected chi connectivity index (χ1v) is 7.26. The van der Waals surface area contributed by atoms with Crippen molar-refractivity contribution in [1.82, 2.24) is 0 Å². The van der Waals surface area contributed by atoms with Crippen molar-refractivity contribution in [1.29, 1.82) is 0 Å². The maximum absolute atomic E-state index is 12.0. The van der Waals surface area contributed by atoms with Crippen LogP contribution in [0.5, 0.6) is 0 Å². The fraction of sp³-hybridized carbons (Fsp3) is 0.357. The minimum Gasteiger partial charge on any atom is -0.297 e. The monoisotopic (exact) mass is 265 g/mol. The molecule has 98 valence electrons. The van der Waals surface area contributed by atoms with Crippen molar-refractivity contribution in [3.8, 4) is 0 Å². The lowest BCUT2D eigenvalue weighted by atomic mass is 9.87. The molecule has 0 bridgehead atoms. The lowest BCUT2D eigenvalue weighted by Crippen LogP contribution is -2.11. The highest BCUT2D eigenvalue weighted by atomic mass is 32.2. The van der Waals surface area contributed by atoms with Gasteiger partial charge in [-0.1, -0.05) is 39.0 Å². The van der Waals surface area contributed by atoms with Gasteiger partial charge in [0.15, 0.2) is 9.84 Å². The first kappa shape index (κ1) is 14.6. The van der Waals surface area contributed by atoms with Gasteiger partial charge in [0, 0.05) is 5.41 Å². The molecule has 0 aliphatic rings. The minimum absolute atomic E-state index is 0.0715. The van der Waals surface area contributed by atoms with Crippen LogP contribution in [-0.2, 0) is 15.3 Å². The van der Waals surface area contributed by atoms with E-state index in [0.717, 1.165) is 5.56 Å². The topological polar surface area (TPSA) is 46.5 Å². The number of nitrogens with zero attached hydrogens (tertiary/aromatic N) is 1. The lowest BCUT2D eigenvalue weighted by Gasteiger charge is -2.19. The molecule has 0 radical (unpaired) electrons. The Morgan fingerprint density at radius 3 is 2.56 bits per heavy atom. The molecule has 1 rings (SSSR count). The first-order chi connectivity index (χ1) is 8.27. The first-order valence-electron chi connectivity index (χ1n) is 5.72. The summed E-state index contributed by atoms with van der Waals surface area (Å²) >= 11 is 0. The van der Waals surface area contributed by atoms with Gasteiger partial charge in [-0.3, -0.25) is 4.99 Å². The van der Waals surface area contributed by atoms with Crippen LogP contribution in [0.3, 0.4) is 0 Å². The molecule has 0 spiro atoms. The SMILES string of the molecule is C=NCC=CS(=O)(=O)c1cccc(C(C)(C)C)c1. The van der Waals surface area contributed by atoms with Gasteiger partial charge in [-0.2, -0.15) is 0 Å². The Hall–Kier alpha value is -1.42. The summed E-state index contributed by atoms with van der Waals surface area (Å²) in [4.78, 5) is 3.90. The number of hydrogen-bond acceptors (Lipinski definition) is 3. The van der Waals surface area contributed by atoms with E-state index in [1.807, 2.05) is 6.07 Å². The maximum atomic E-state index is 12.0. The molecule has 0 saturated heterocycles. The molecule has 0 unspecified atom stereocenters. The predicted molar refractivity (Wildman–Crippen MR) is 75.9 cm³/mol. The largest absolute Gasteiger partial charge is 0.297 e. The standard InChI is InChI=1S/C14H19NO2S/c1-14(2,3)12-7-5-8-13(11-12)18(16,17)10-6-9-15-4/h5-8,10-11H,4,9H2,1-3H3. The van der Waals surface area contributed by atoms with Crippen LogP contribution in [0.2, 0.25) is 0 Å². The van der Waals surface area contributed by atoms with Crippen LogP contribution in [0.25, 0.3) is 0 Å². The summed E-state index contributed by atoms with van der Waals surface area (Å²) in [5.74, 6) is 0. The van der Waals surface area contributed by atoms with Gasteiger partial charge >= 0.3 is 0 Å². The van der Waals surface area contributed by atoms with E-state index in [1.165, 1.54) is 11.5 Å². The number of benzene rings is 1. The van der Waals surface area contributed by atoms with Crippen molar-refractivity contribution in [2.24, 2.45) is 4.99 Å². The summed E-state index contributed by atoms with van der Waals surface area (Å²) in [6, 6.07) is 7.04. The molecule has 0 amide bonds. The predicted octanol–water partition coefficient (Wildman–Crippen LogP) is 2.97. The molecule has 0 saturated carbocycles. The average Bonchev–Trinajstić information content (AvgIpc) is 2.28. The Bertz CT molecular complexity index is 551. The Balaban J connectivity index is 3.14. The summed E-state index contributed by atoms with van der Waals surface area (Å²) in [5.41, 5.74) is 0.927. The van der Waals surface area contributed by atoms with Gasteiger partial charge in [0.05, 0.1) is 11.4 Å². The van der Waals surface area contributed by atoms with E-state index in [9.17, 15) is 8.42 Å². The van der Waals surface area contributed by atoms with Crippen LogP contribution in [0.1, 0.15) is 26.3 Å². The van der Waals surface area contributed by atoms with Gasteiger partial charge in [-0.05, 0) is 29.8 Å². The van der Waals surface area contributed by atoms with E-state index in [0.29, 0.717) is 11.4 Å². The van der Waals surface area contributed by atoms with Crippen molar-refractivity contribution >= 4 is 16.6 Å². The van der Waals surface area contributed by atoms with E-state index >= 15 is 0 Å². The van der Waals surface area contributed by atoms with Crippen LogP contribution in [0, 0.1) is 0 Å². The van der Waals surface area contributed by atoms with Crippen LogP contribution in [-0.4, -0.2) is 21.7 Å². The average molecular weight is 265 g/mol. The zero-order valence-electron chi connectivity index (χ0n) is 11.1. The van der Waals surface area contributed by atoms with Crippen molar-refractivity contribution in [3.63, 3.8) is 0 Å². The van der Waals surface area contributed by atoms with E-state index in [-0.39, 0.29) is 5.41 Å². The molecule has 0 heterocycles. The molecule has 1 aromatic rings. The highest BCUT2D eigenvalue weighted by Crippen LogP contribution is 2.25. The van der Waals surface area contributed by atoms with Gasteiger partial charge in [0.25, 0.3) is 0 Å². The van der Waals surface area contributed by atoms with E-state index in [4.69, 9.17) is 0 Å². The van der Waals surface area contributed by atoms with Gasteiger partial charge in [0.1, 0.15) is 0 Å². The van der Waals surface area contributed by atoms with Gasteiger partial charge < -0.3 is 0 Å². The Morgan fingerprint density at radius 2 is 2.00 bits per heavy atom. The van der Waals surface area contributed by atoms with Crippen LogP contribution < -0.4 is 0 Å². The number of hydrogen-bond donors (Lipinski definition) is 0. The molecule has 0 N–H and O–H groups in total. The van der Waals surface area contributed by atoms with Crippen LogP contribution >= 0.6 is 0 Å². The number of aliphatic imine (C=N–C) groups is 1. The smallest absolute Gasteiger partial charge is 0.199 e. The van der Waals surface area contributed by atoms with Crippen molar-refractivity contribution < 1.29 is 8.42 Å². The second-order valence-electron chi connectivity index (χ2n) is 5.10. The van der Waals surface area contributed by atoms with Crippen molar-refractivity contribution in [3.05, 3.63) is 41.3 Å². The molecule has 4 heteroatoms. The molecule has 0 aliphatic heterocycles. The molecule has 0 fully saturated rings. The van der Waals surface area contributed by atoms with E-state index in [2.05, 4.69) is 32.5 Å². The molecular weight excluding hydrogens is 246 g/mol. The summed E-state index contributed by atoms with van der Waals surface area (Å²) in [5, 5.41) is 1.18. The third kappa shape index (κ3) is 3.81. The molecule has 3 nitrogen and oxygen atoms in total. The number of sulfone groups is 1. The number of rotatable bonds is 4. The van der Waals surface area contributed by atoms with Crippen molar-refractivity contribution in [2.45, 2.75) is 31.1 Å². The molecule has 1 aromatic carbocycles. The summed E-state index contributed by atoms with van der Waals surface area (Å²) in [6.45, 7) is 9.76. The highest BCUT2D eigenvalue weighted by molar-refractivity contribution is 7.94. The fourth-order valence-electron chi connectivity index (χ4n) is 1.46. The molecule has 0 aliphatic carbocycles. The van der Waals surface area contributed by atoms with Gasteiger partial charge in [0.2, 0.25) is 0 Å². The van der Waals surface area contributed by atoms with Gasteiger partial charge in [-0.25, -0.2) is 8.42 Å². The molecule has 18 heavy (non-hydrogen) atoms. The Morgan fingerprint density at radius 1 is 1.33 bits per heavy atom. The van der Waals surface area contributed by atoms with Gasteiger partial charge in [-0.15, -0.1) is 0 Å². The normalized spacial score (nSPS) is 12.8. The zero-order valence-corrected chi connectivity index (χ0v) is 11.9. The molecule has 0 aromatic heterocycles. The minimum atomic E-state index is -3.38. The van der Waals surface area contributed by atoms with Crippen LogP contribution in [0.4, 0.5) is 0 Å². The Kier molecular flexibility index (Phi) is 4.46. The second-order valence-corrected chi connectivity index (χ2v) is 6.93. The van der Waals surface area contributed by atoms with E-state index in [1.54, 1.807) is 18.2 Å². The summed E-state index contributed by atoms with van der Waals surface area (Å²) in [6.07, 6.45) is 1.49. The van der Waals surface area contributed by atoms with Crippen molar-refractivity contribution in [2.75, 3.05) is 6.54 Å². The van der Waals surface area contributed by atoms with Crippen LogP contribution in [0.15, 0.2) is 45.6 Å². The Labute approximate surface area is 109 Å².